The third kappa shape index (κ3) is 3.60. The summed E-state index contributed by atoms with van der Waals surface area (Å²) in [6, 6.07) is 11.5. The molecule has 0 unspecified atom stereocenters. The van der Waals surface area contributed by atoms with Gasteiger partial charge < -0.3 is 20.1 Å². The molecule has 2 aromatic carbocycles. The van der Waals surface area contributed by atoms with Crippen LogP contribution in [0.3, 0.4) is 0 Å². The number of carboxylic acid groups (broad SMARTS) is 1. The number of nitrogens with one attached hydrogen (secondary N) is 1. The zero-order valence-electron chi connectivity index (χ0n) is 13.5. The number of ether oxygens (including phenoxy) is 1. The van der Waals surface area contributed by atoms with E-state index in [0.29, 0.717) is 11.4 Å². The number of para-hydroxylation sites is 1. The van der Waals surface area contributed by atoms with Crippen LogP contribution in [-0.2, 0) is 9.59 Å². The molecular weight excluding hydrogens is 324 g/mol. The fraction of sp³-hybridized carbons (Fsp3) is 0.167. The topological polar surface area (TPSA) is 95.9 Å². The summed E-state index contributed by atoms with van der Waals surface area (Å²) in [5.74, 6) is -1.58. The number of benzene rings is 2. The van der Waals surface area contributed by atoms with Crippen LogP contribution >= 0.6 is 0 Å². The Morgan fingerprint density at radius 1 is 1.24 bits per heavy atom. The number of carbonyl (C=O) groups is 3. The normalized spacial score (nSPS) is 13.0. The molecular formula is C18H16N2O5. The number of aromatic carboxylic acids is 1. The SMILES string of the molecule is Cc1ccc2c(c1)OC(=O)CN2CC(=O)Nc1ccccc1C(=O)O. The molecule has 7 nitrogen and oxygen atoms in total. The quantitative estimate of drug-likeness (QED) is 0.653. The third-order valence-electron chi connectivity index (χ3n) is 3.77. The predicted molar refractivity (Wildman–Crippen MR) is 91.1 cm³/mol. The highest BCUT2D eigenvalue weighted by Gasteiger charge is 2.26. The molecule has 0 fully saturated rings. The number of fused-ring (bicyclic) bond motifs is 1. The first kappa shape index (κ1) is 16.5. The van der Waals surface area contributed by atoms with Crippen molar-refractivity contribution in [2.24, 2.45) is 0 Å². The van der Waals surface area contributed by atoms with E-state index in [4.69, 9.17) is 9.84 Å². The summed E-state index contributed by atoms with van der Waals surface area (Å²) in [6.07, 6.45) is 0. The summed E-state index contributed by atoms with van der Waals surface area (Å²) >= 11 is 0. The van der Waals surface area contributed by atoms with Crippen LogP contribution in [0.5, 0.6) is 5.75 Å². The number of aryl methyl sites for hydroxylation is 1. The van der Waals surface area contributed by atoms with Gasteiger partial charge in [-0.15, -0.1) is 0 Å². The van der Waals surface area contributed by atoms with Crippen LogP contribution < -0.4 is 15.0 Å². The van der Waals surface area contributed by atoms with Gasteiger partial charge in [0.25, 0.3) is 0 Å². The molecule has 1 aliphatic rings. The monoisotopic (exact) mass is 340 g/mol. The molecule has 0 saturated heterocycles. The number of esters is 1. The maximum Gasteiger partial charge on any atom is 0.337 e. The highest BCUT2D eigenvalue weighted by molar-refractivity contribution is 6.02. The number of rotatable bonds is 4. The lowest BCUT2D eigenvalue weighted by Gasteiger charge is -2.29. The number of amides is 1. The lowest BCUT2D eigenvalue weighted by molar-refractivity contribution is -0.133. The summed E-state index contributed by atoms with van der Waals surface area (Å²) in [5.41, 5.74) is 1.80. The molecule has 0 atom stereocenters. The van der Waals surface area contributed by atoms with E-state index in [1.165, 1.54) is 12.1 Å². The average molecular weight is 340 g/mol. The summed E-state index contributed by atoms with van der Waals surface area (Å²) in [5, 5.41) is 11.8. The van der Waals surface area contributed by atoms with Crippen LogP contribution in [0.1, 0.15) is 15.9 Å². The van der Waals surface area contributed by atoms with Crippen LogP contribution in [-0.4, -0.2) is 36.0 Å². The Hall–Kier alpha value is -3.35. The first-order valence-electron chi connectivity index (χ1n) is 7.62. The number of hydrogen-bond acceptors (Lipinski definition) is 5. The van der Waals surface area contributed by atoms with Crippen molar-refractivity contribution >= 4 is 29.2 Å². The van der Waals surface area contributed by atoms with Crippen molar-refractivity contribution in [1.82, 2.24) is 0 Å². The fourth-order valence-electron chi connectivity index (χ4n) is 2.64. The van der Waals surface area contributed by atoms with E-state index in [9.17, 15) is 14.4 Å². The largest absolute Gasteiger partial charge is 0.478 e. The Morgan fingerprint density at radius 2 is 2.00 bits per heavy atom. The zero-order valence-corrected chi connectivity index (χ0v) is 13.5. The number of carbonyl (C=O) groups excluding carboxylic acids is 2. The summed E-state index contributed by atoms with van der Waals surface area (Å²) in [4.78, 5) is 36.9. The highest BCUT2D eigenvalue weighted by atomic mass is 16.5. The summed E-state index contributed by atoms with van der Waals surface area (Å²) < 4.78 is 5.20. The summed E-state index contributed by atoms with van der Waals surface area (Å²) in [6.45, 7) is 1.73. The van der Waals surface area contributed by atoms with Gasteiger partial charge in [-0.2, -0.15) is 0 Å². The van der Waals surface area contributed by atoms with Gasteiger partial charge in [0.2, 0.25) is 5.91 Å². The number of hydrogen-bond donors (Lipinski definition) is 2. The van der Waals surface area contributed by atoms with Gasteiger partial charge in [0, 0.05) is 0 Å². The lowest BCUT2D eigenvalue weighted by Crippen LogP contribution is -2.41. The molecule has 1 amide bonds. The fourth-order valence-corrected chi connectivity index (χ4v) is 2.64. The van der Waals surface area contributed by atoms with E-state index >= 15 is 0 Å². The molecule has 2 aromatic rings. The Bertz CT molecular complexity index is 862. The Labute approximate surface area is 143 Å². The van der Waals surface area contributed by atoms with Crippen LogP contribution in [0.25, 0.3) is 0 Å². The molecule has 128 valence electrons. The van der Waals surface area contributed by atoms with E-state index in [0.717, 1.165) is 5.56 Å². The molecule has 2 N–H and O–H groups in total. The van der Waals surface area contributed by atoms with Gasteiger partial charge in [-0.3, -0.25) is 4.79 Å². The molecule has 1 aliphatic heterocycles. The third-order valence-corrected chi connectivity index (χ3v) is 3.77. The van der Waals surface area contributed by atoms with Gasteiger partial charge in [0.1, 0.15) is 6.54 Å². The van der Waals surface area contributed by atoms with Gasteiger partial charge >= 0.3 is 11.9 Å². The summed E-state index contributed by atoms with van der Waals surface area (Å²) in [7, 11) is 0. The van der Waals surface area contributed by atoms with Crippen molar-refractivity contribution in [3.63, 3.8) is 0 Å². The van der Waals surface area contributed by atoms with E-state index in [1.54, 1.807) is 29.2 Å². The van der Waals surface area contributed by atoms with E-state index in [1.807, 2.05) is 13.0 Å². The molecule has 1 heterocycles. The van der Waals surface area contributed by atoms with E-state index in [-0.39, 0.29) is 24.3 Å². The second-order valence-electron chi connectivity index (χ2n) is 5.70. The zero-order chi connectivity index (χ0) is 18.0. The smallest absolute Gasteiger partial charge is 0.337 e. The molecule has 25 heavy (non-hydrogen) atoms. The maximum absolute atomic E-state index is 12.3. The van der Waals surface area contributed by atoms with Crippen molar-refractivity contribution < 1.29 is 24.2 Å². The molecule has 3 rings (SSSR count). The molecule has 0 aromatic heterocycles. The van der Waals surface area contributed by atoms with Crippen molar-refractivity contribution in [2.45, 2.75) is 6.92 Å². The van der Waals surface area contributed by atoms with E-state index in [2.05, 4.69) is 5.32 Å². The van der Waals surface area contributed by atoms with Crippen LogP contribution in [0.4, 0.5) is 11.4 Å². The number of nitrogens with zero attached hydrogens (tertiary/aromatic N) is 1. The molecule has 0 bridgehead atoms. The minimum Gasteiger partial charge on any atom is -0.478 e. The van der Waals surface area contributed by atoms with Crippen LogP contribution in [0, 0.1) is 6.92 Å². The van der Waals surface area contributed by atoms with Crippen molar-refractivity contribution in [3.8, 4) is 5.75 Å². The standard InChI is InChI=1S/C18H16N2O5/c1-11-6-7-14-15(8-11)25-17(22)10-20(14)9-16(21)19-13-5-3-2-4-12(13)18(23)24/h2-8H,9-10H2,1H3,(H,19,21)(H,23,24). The molecule has 0 spiro atoms. The second kappa shape index (κ2) is 6.64. The van der Waals surface area contributed by atoms with Gasteiger partial charge in [-0.25, -0.2) is 9.59 Å². The first-order valence-corrected chi connectivity index (χ1v) is 7.62. The van der Waals surface area contributed by atoms with Gasteiger partial charge in [-0.1, -0.05) is 18.2 Å². The van der Waals surface area contributed by atoms with Crippen molar-refractivity contribution in [2.75, 3.05) is 23.3 Å². The Kier molecular flexibility index (Phi) is 4.38. The molecule has 7 heteroatoms. The predicted octanol–water partition coefficient (Wildman–Crippen LogP) is 2.06. The van der Waals surface area contributed by atoms with Crippen LogP contribution in [0.15, 0.2) is 42.5 Å². The first-order chi connectivity index (χ1) is 11.9. The van der Waals surface area contributed by atoms with E-state index < -0.39 is 17.8 Å². The van der Waals surface area contributed by atoms with Crippen molar-refractivity contribution in [1.29, 1.82) is 0 Å². The van der Waals surface area contributed by atoms with Gasteiger partial charge in [-0.05, 0) is 36.8 Å². The highest BCUT2D eigenvalue weighted by Crippen LogP contribution is 2.32. The lowest BCUT2D eigenvalue weighted by atomic mass is 10.1. The maximum atomic E-state index is 12.3. The minimum atomic E-state index is -1.13. The Morgan fingerprint density at radius 3 is 2.76 bits per heavy atom. The van der Waals surface area contributed by atoms with Gasteiger partial charge in [0.15, 0.2) is 5.75 Å². The molecule has 0 aliphatic carbocycles. The number of carboxylic acids is 1. The average Bonchev–Trinajstić information content (AvgIpc) is 2.54. The van der Waals surface area contributed by atoms with Gasteiger partial charge in [0.05, 0.1) is 23.5 Å². The second-order valence-corrected chi connectivity index (χ2v) is 5.70. The minimum absolute atomic E-state index is 0.00456. The molecule has 0 radical (unpaired) electrons. The Balaban J connectivity index is 1.78. The molecule has 0 saturated carbocycles. The van der Waals surface area contributed by atoms with Crippen molar-refractivity contribution in [3.05, 3.63) is 53.6 Å². The number of anilines is 2. The van der Waals surface area contributed by atoms with Crippen LogP contribution in [0.2, 0.25) is 0 Å².